The fraction of sp³-hybridized carbons (Fsp3) is 0.250. The summed E-state index contributed by atoms with van der Waals surface area (Å²) in [6, 6.07) is 4.81. The summed E-state index contributed by atoms with van der Waals surface area (Å²) in [6.07, 6.45) is 3.08. The molecule has 1 saturated heterocycles. The average molecular weight is 249 g/mol. The van der Waals surface area contributed by atoms with E-state index in [0.29, 0.717) is 16.6 Å². The quantitative estimate of drug-likeness (QED) is 0.773. The first-order chi connectivity index (χ1) is 8.55. The standard InChI is InChI=1S/C12H9F2N3O/c13-12(14)6-17(7-12)11(18)8-1-2-9-10(5-8)16-4-3-15-9/h1-5H,6-7H2. The maximum atomic E-state index is 12.7. The van der Waals surface area contributed by atoms with Crippen LogP contribution in [0.15, 0.2) is 30.6 Å². The number of halogens is 2. The Morgan fingerprint density at radius 3 is 2.50 bits per heavy atom. The van der Waals surface area contributed by atoms with E-state index in [4.69, 9.17) is 0 Å². The number of benzene rings is 1. The molecule has 3 rings (SSSR count). The van der Waals surface area contributed by atoms with Gasteiger partial charge in [0.1, 0.15) is 0 Å². The van der Waals surface area contributed by atoms with Gasteiger partial charge < -0.3 is 4.90 Å². The number of amides is 1. The number of carbonyl (C=O) groups excluding carboxylic acids is 1. The number of fused-ring (bicyclic) bond motifs is 1. The molecule has 2 aromatic rings. The monoisotopic (exact) mass is 249 g/mol. The lowest BCUT2D eigenvalue weighted by Gasteiger charge is -2.38. The second kappa shape index (κ2) is 3.69. The lowest BCUT2D eigenvalue weighted by atomic mass is 10.1. The van der Waals surface area contributed by atoms with Crippen molar-refractivity contribution >= 4 is 16.9 Å². The molecule has 0 atom stereocenters. The molecule has 0 bridgehead atoms. The van der Waals surface area contributed by atoms with Crippen molar-refractivity contribution < 1.29 is 13.6 Å². The highest BCUT2D eigenvalue weighted by Gasteiger charge is 2.46. The highest BCUT2D eigenvalue weighted by molar-refractivity contribution is 5.97. The fourth-order valence-electron chi connectivity index (χ4n) is 1.93. The number of alkyl halides is 2. The molecular formula is C12H9F2N3O. The predicted molar refractivity (Wildman–Crippen MR) is 60.4 cm³/mol. The molecule has 1 aromatic carbocycles. The summed E-state index contributed by atoms with van der Waals surface area (Å²) in [5.74, 6) is -3.14. The topological polar surface area (TPSA) is 46.1 Å². The van der Waals surface area contributed by atoms with Crippen LogP contribution < -0.4 is 0 Å². The van der Waals surface area contributed by atoms with Crippen molar-refractivity contribution in [3.63, 3.8) is 0 Å². The lowest BCUT2D eigenvalue weighted by molar-refractivity contribution is -0.113. The zero-order valence-corrected chi connectivity index (χ0v) is 9.31. The maximum absolute atomic E-state index is 12.7. The van der Waals surface area contributed by atoms with Crippen molar-refractivity contribution in [3.05, 3.63) is 36.2 Å². The van der Waals surface area contributed by atoms with E-state index in [-0.39, 0.29) is 0 Å². The molecule has 4 nitrogen and oxygen atoms in total. The zero-order chi connectivity index (χ0) is 12.8. The van der Waals surface area contributed by atoms with Crippen LogP contribution in [-0.4, -0.2) is 39.8 Å². The smallest absolute Gasteiger partial charge is 0.282 e. The Kier molecular flexibility index (Phi) is 2.26. The van der Waals surface area contributed by atoms with Gasteiger partial charge in [0, 0.05) is 18.0 Å². The average Bonchev–Trinajstić information content (AvgIpc) is 2.34. The molecule has 2 heterocycles. The Hall–Kier alpha value is -2.11. The van der Waals surface area contributed by atoms with Crippen LogP contribution in [-0.2, 0) is 0 Å². The van der Waals surface area contributed by atoms with Gasteiger partial charge >= 0.3 is 0 Å². The SMILES string of the molecule is O=C(c1ccc2nccnc2c1)N1CC(F)(F)C1. The molecular weight excluding hydrogens is 240 g/mol. The molecule has 0 aliphatic carbocycles. The third-order valence-corrected chi connectivity index (χ3v) is 2.85. The van der Waals surface area contributed by atoms with Gasteiger partial charge in [0.05, 0.1) is 24.1 Å². The van der Waals surface area contributed by atoms with Gasteiger partial charge in [0.15, 0.2) is 0 Å². The molecule has 1 fully saturated rings. The van der Waals surface area contributed by atoms with Crippen LogP contribution in [0.5, 0.6) is 0 Å². The van der Waals surface area contributed by atoms with Crippen LogP contribution in [0.1, 0.15) is 10.4 Å². The first-order valence-corrected chi connectivity index (χ1v) is 5.43. The summed E-state index contributed by atoms with van der Waals surface area (Å²) in [6.45, 7) is -1.02. The summed E-state index contributed by atoms with van der Waals surface area (Å²) in [5, 5.41) is 0. The van der Waals surface area contributed by atoms with E-state index in [9.17, 15) is 13.6 Å². The highest BCUT2D eigenvalue weighted by atomic mass is 19.3. The molecule has 92 valence electrons. The molecule has 1 aliphatic rings. The third-order valence-electron chi connectivity index (χ3n) is 2.85. The molecule has 0 spiro atoms. The minimum atomic E-state index is -2.74. The van der Waals surface area contributed by atoms with Crippen LogP contribution in [0.2, 0.25) is 0 Å². The Balaban J connectivity index is 1.88. The van der Waals surface area contributed by atoms with Crippen molar-refractivity contribution in [2.45, 2.75) is 5.92 Å². The molecule has 1 aliphatic heterocycles. The molecule has 1 amide bonds. The molecule has 0 N–H and O–H groups in total. The summed E-state index contributed by atoms with van der Waals surface area (Å²) < 4.78 is 25.4. The molecule has 0 radical (unpaired) electrons. The Labute approximate surface area is 101 Å². The van der Waals surface area contributed by atoms with E-state index in [1.165, 1.54) is 6.20 Å². The van der Waals surface area contributed by atoms with Gasteiger partial charge in [0.25, 0.3) is 11.8 Å². The molecule has 18 heavy (non-hydrogen) atoms. The summed E-state index contributed by atoms with van der Waals surface area (Å²) in [7, 11) is 0. The number of carbonyl (C=O) groups is 1. The van der Waals surface area contributed by atoms with Crippen molar-refractivity contribution in [2.75, 3.05) is 13.1 Å². The number of aromatic nitrogens is 2. The van der Waals surface area contributed by atoms with Crippen LogP contribution in [0.3, 0.4) is 0 Å². The fourth-order valence-corrected chi connectivity index (χ4v) is 1.93. The summed E-state index contributed by atoms with van der Waals surface area (Å²) in [5.41, 5.74) is 1.61. The van der Waals surface area contributed by atoms with E-state index in [1.54, 1.807) is 24.4 Å². The van der Waals surface area contributed by atoms with Crippen molar-refractivity contribution in [2.24, 2.45) is 0 Å². The van der Waals surface area contributed by atoms with E-state index >= 15 is 0 Å². The predicted octanol–water partition coefficient (Wildman–Crippen LogP) is 1.72. The van der Waals surface area contributed by atoms with Gasteiger partial charge in [-0.15, -0.1) is 0 Å². The van der Waals surface area contributed by atoms with Crippen LogP contribution in [0.4, 0.5) is 8.78 Å². The van der Waals surface area contributed by atoms with Gasteiger partial charge in [-0.05, 0) is 18.2 Å². The second-order valence-corrected chi connectivity index (χ2v) is 4.28. The van der Waals surface area contributed by atoms with Crippen molar-refractivity contribution in [3.8, 4) is 0 Å². The van der Waals surface area contributed by atoms with E-state index in [2.05, 4.69) is 9.97 Å². The first kappa shape index (κ1) is 11.0. The van der Waals surface area contributed by atoms with E-state index in [0.717, 1.165) is 4.90 Å². The molecule has 0 unspecified atom stereocenters. The molecule has 1 aromatic heterocycles. The highest BCUT2D eigenvalue weighted by Crippen LogP contribution is 2.28. The van der Waals surface area contributed by atoms with E-state index < -0.39 is 24.9 Å². The third kappa shape index (κ3) is 1.79. The number of hydrogen-bond donors (Lipinski definition) is 0. The normalized spacial score (nSPS) is 17.6. The minimum absolute atomic E-state index is 0.360. The number of nitrogens with zero attached hydrogens (tertiary/aromatic N) is 3. The number of hydrogen-bond acceptors (Lipinski definition) is 3. The largest absolute Gasteiger partial charge is 0.326 e. The Bertz CT molecular complexity index is 622. The van der Waals surface area contributed by atoms with Gasteiger partial charge in [-0.25, -0.2) is 8.78 Å². The maximum Gasteiger partial charge on any atom is 0.282 e. The van der Waals surface area contributed by atoms with Gasteiger partial charge in [-0.2, -0.15) is 0 Å². The Morgan fingerprint density at radius 1 is 1.17 bits per heavy atom. The summed E-state index contributed by atoms with van der Waals surface area (Å²) >= 11 is 0. The zero-order valence-electron chi connectivity index (χ0n) is 9.31. The van der Waals surface area contributed by atoms with Crippen molar-refractivity contribution in [1.82, 2.24) is 14.9 Å². The molecule has 0 saturated carbocycles. The first-order valence-electron chi connectivity index (χ1n) is 5.43. The van der Waals surface area contributed by atoms with Gasteiger partial charge in [-0.1, -0.05) is 0 Å². The van der Waals surface area contributed by atoms with Crippen LogP contribution in [0, 0.1) is 0 Å². The van der Waals surface area contributed by atoms with Gasteiger partial charge in [0.2, 0.25) is 0 Å². The van der Waals surface area contributed by atoms with Crippen LogP contribution >= 0.6 is 0 Å². The molecule has 6 heteroatoms. The number of likely N-dealkylation sites (tertiary alicyclic amines) is 1. The second-order valence-electron chi connectivity index (χ2n) is 4.28. The van der Waals surface area contributed by atoms with Gasteiger partial charge in [-0.3, -0.25) is 14.8 Å². The van der Waals surface area contributed by atoms with Crippen molar-refractivity contribution in [1.29, 1.82) is 0 Å². The van der Waals surface area contributed by atoms with E-state index in [1.807, 2.05) is 0 Å². The Morgan fingerprint density at radius 2 is 1.83 bits per heavy atom. The number of rotatable bonds is 1. The lowest BCUT2D eigenvalue weighted by Crippen LogP contribution is -2.58. The summed E-state index contributed by atoms with van der Waals surface area (Å²) in [4.78, 5) is 21.2. The minimum Gasteiger partial charge on any atom is -0.326 e. The van der Waals surface area contributed by atoms with Crippen LogP contribution in [0.25, 0.3) is 11.0 Å².